The molecule has 0 bridgehead atoms. The van der Waals surface area contributed by atoms with Crippen LogP contribution in [0.15, 0.2) is 0 Å². The Morgan fingerprint density at radius 2 is 1.88 bits per heavy atom. The van der Waals surface area contributed by atoms with E-state index in [0.29, 0.717) is 12.4 Å². The first-order valence-corrected chi connectivity index (χ1v) is 6.62. The SMILES string of the molecule is CCCCC1(CCCC)NC(=N)COC1C. The van der Waals surface area contributed by atoms with Crippen LogP contribution in [0.1, 0.15) is 59.3 Å². The van der Waals surface area contributed by atoms with E-state index in [1.165, 1.54) is 25.7 Å². The van der Waals surface area contributed by atoms with Crippen molar-refractivity contribution in [1.82, 2.24) is 5.32 Å². The van der Waals surface area contributed by atoms with Crippen LogP contribution < -0.4 is 5.32 Å². The van der Waals surface area contributed by atoms with E-state index in [4.69, 9.17) is 10.1 Å². The molecule has 1 aliphatic heterocycles. The molecule has 0 amide bonds. The molecule has 0 spiro atoms. The highest BCUT2D eigenvalue weighted by atomic mass is 16.5. The minimum atomic E-state index is 0.0152. The van der Waals surface area contributed by atoms with E-state index in [1.807, 2.05) is 0 Å². The topological polar surface area (TPSA) is 45.1 Å². The molecule has 1 heterocycles. The number of amidine groups is 1. The number of ether oxygens (including phenoxy) is 1. The molecule has 1 atom stereocenters. The highest BCUT2D eigenvalue weighted by Gasteiger charge is 2.39. The van der Waals surface area contributed by atoms with Gasteiger partial charge in [0.2, 0.25) is 0 Å². The van der Waals surface area contributed by atoms with Crippen molar-refractivity contribution >= 4 is 5.84 Å². The molecule has 2 N–H and O–H groups in total. The molecular formula is C13H26N2O. The fourth-order valence-electron chi connectivity index (χ4n) is 2.45. The van der Waals surface area contributed by atoms with E-state index >= 15 is 0 Å². The first kappa shape index (κ1) is 13.5. The van der Waals surface area contributed by atoms with Crippen molar-refractivity contribution in [2.75, 3.05) is 6.61 Å². The third-order valence-electron chi connectivity index (χ3n) is 3.61. The van der Waals surface area contributed by atoms with Crippen LogP contribution in [0.4, 0.5) is 0 Å². The first-order valence-electron chi connectivity index (χ1n) is 6.62. The summed E-state index contributed by atoms with van der Waals surface area (Å²) in [4.78, 5) is 0. The molecule has 1 fully saturated rings. The fourth-order valence-corrected chi connectivity index (χ4v) is 2.45. The second-order valence-electron chi connectivity index (χ2n) is 4.92. The normalized spacial score (nSPS) is 24.2. The van der Waals surface area contributed by atoms with Crippen molar-refractivity contribution in [2.24, 2.45) is 0 Å². The summed E-state index contributed by atoms with van der Waals surface area (Å²) < 4.78 is 5.71. The van der Waals surface area contributed by atoms with Gasteiger partial charge in [-0.1, -0.05) is 39.5 Å². The van der Waals surface area contributed by atoms with E-state index in [2.05, 4.69) is 26.1 Å². The molecule has 0 aromatic heterocycles. The number of unbranched alkanes of at least 4 members (excludes halogenated alkanes) is 2. The maximum atomic E-state index is 7.77. The summed E-state index contributed by atoms with van der Waals surface area (Å²) in [7, 11) is 0. The van der Waals surface area contributed by atoms with Gasteiger partial charge in [-0.05, 0) is 19.8 Å². The van der Waals surface area contributed by atoms with E-state index in [0.717, 1.165) is 12.8 Å². The van der Waals surface area contributed by atoms with Gasteiger partial charge in [-0.2, -0.15) is 0 Å². The smallest absolute Gasteiger partial charge is 0.120 e. The quantitative estimate of drug-likeness (QED) is 0.731. The molecule has 3 nitrogen and oxygen atoms in total. The van der Waals surface area contributed by atoms with E-state index in [1.54, 1.807) is 0 Å². The van der Waals surface area contributed by atoms with Gasteiger partial charge in [0.25, 0.3) is 0 Å². The summed E-state index contributed by atoms with van der Waals surface area (Å²) in [6.45, 7) is 7.02. The van der Waals surface area contributed by atoms with Crippen LogP contribution in [-0.2, 0) is 4.74 Å². The highest BCUT2D eigenvalue weighted by molar-refractivity contribution is 5.81. The van der Waals surface area contributed by atoms with Gasteiger partial charge in [-0.3, -0.25) is 5.41 Å². The number of rotatable bonds is 6. The standard InChI is InChI=1S/C13H26N2O/c1-4-6-8-13(9-7-5-2)11(3)16-10-12(14)15-13/h11H,4-10H2,1-3H3,(H2,14,15). The maximum Gasteiger partial charge on any atom is 0.120 e. The summed E-state index contributed by atoms with van der Waals surface area (Å²) in [5, 5.41) is 11.2. The Kier molecular flexibility index (Phi) is 5.26. The summed E-state index contributed by atoms with van der Waals surface area (Å²) >= 11 is 0. The second-order valence-corrected chi connectivity index (χ2v) is 4.92. The van der Waals surface area contributed by atoms with Crippen molar-refractivity contribution in [3.63, 3.8) is 0 Å². The van der Waals surface area contributed by atoms with Crippen LogP contribution in [0.3, 0.4) is 0 Å². The zero-order valence-corrected chi connectivity index (χ0v) is 10.9. The molecule has 0 aliphatic carbocycles. The summed E-state index contributed by atoms with van der Waals surface area (Å²) in [5.41, 5.74) is 0.0152. The van der Waals surface area contributed by atoms with Gasteiger partial charge >= 0.3 is 0 Å². The van der Waals surface area contributed by atoms with Gasteiger partial charge in [0.05, 0.1) is 11.6 Å². The summed E-state index contributed by atoms with van der Waals surface area (Å²) in [6.07, 6.45) is 7.28. The minimum absolute atomic E-state index is 0.0152. The zero-order valence-electron chi connectivity index (χ0n) is 10.9. The van der Waals surface area contributed by atoms with Crippen molar-refractivity contribution in [3.8, 4) is 0 Å². The average Bonchev–Trinajstić information content (AvgIpc) is 2.28. The Morgan fingerprint density at radius 3 is 2.38 bits per heavy atom. The molecule has 3 heteroatoms. The van der Waals surface area contributed by atoms with Crippen molar-refractivity contribution in [1.29, 1.82) is 5.41 Å². The molecule has 1 rings (SSSR count). The number of hydrogen-bond acceptors (Lipinski definition) is 2. The minimum Gasteiger partial charge on any atom is -0.368 e. The fraction of sp³-hybridized carbons (Fsp3) is 0.923. The largest absolute Gasteiger partial charge is 0.368 e. The van der Waals surface area contributed by atoms with Crippen molar-refractivity contribution < 1.29 is 4.74 Å². The molecule has 0 radical (unpaired) electrons. The Hall–Kier alpha value is -0.570. The van der Waals surface area contributed by atoms with Gasteiger partial charge in [0.15, 0.2) is 0 Å². The predicted molar refractivity (Wildman–Crippen MR) is 68.1 cm³/mol. The summed E-state index contributed by atoms with van der Waals surface area (Å²) in [5.74, 6) is 0.547. The molecular weight excluding hydrogens is 200 g/mol. The second kappa shape index (κ2) is 6.24. The lowest BCUT2D eigenvalue weighted by molar-refractivity contribution is -0.00798. The third kappa shape index (κ3) is 3.21. The van der Waals surface area contributed by atoms with Gasteiger partial charge in [-0.15, -0.1) is 0 Å². The van der Waals surface area contributed by atoms with Crippen LogP contribution in [0.2, 0.25) is 0 Å². The lowest BCUT2D eigenvalue weighted by Crippen LogP contribution is -2.61. The van der Waals surface area contributed by atoms with E-state index < -0.39 is 0 Å². The van der Waals surface area contributed by atoms with Gasteiger partial charge < -0.3 is 10.1 Å². The van der Waals surface area contributed by atoms with Crippen molar-refractivity contribution in [2.45, 2.75) is 70.9 Å². The third-order valence-corrected chi connectivity index (χ3v) is 3.61. The first-order chi connectivity index (χ1) is 7.64. The maximum absolute atomic E-state index is 7.77. The molecule has 1 unspecified atom stereocenters. The Morgan fingerprint density at radius 1 is 1.31 bits per heavy atom. The average molecular weight is 226 g/mol. The number of hydrogen-bond donors (Lipinski definition) is 2. The van der Waals surface area contributed by atoms with Crippen LogP contribution in [0.5, 0.6) is 0 Å². The molecule has 16 heavy (non-hydrogen) atoms. The highest BCUT2D eigenvalue weighted by Crippen LogP contribution is 2.29. The van der Waals surface area contributed by atoms with Crippen LogP contribution in [0.25, 0.3) is 0 Å². The van der Waals surface area contributed by atoms with E-state index in [9.17, 15) is 0 Å². The van der Waals surface area contributed by atoms with Crippen LogP contribution in [-0.4, -0.2) is 24.1 Å². The number of morpholine rings is 1. The van der Waals surface area contributed by atoms with E-state index in [-0.39, 0.29) is 11.6 Å². The molecule has 0 aromatic rings. The monoisotopic (exact) mass is 226 g/mol. The Bertz CT molecular complexity index is 220. The Balaban J connectivity index is 2.68. The molecule has 94 valence electrons. The van der Waals surface area contributed by atoms with Crippen LogP contribution >= 0.6 is 0 Å². The summed E-state index contributed by atoms with van der Waals surface area (Å²) in [6, 6.07) is 0. The lowest BCUT2D eigenvalue weighted by Gasteiger charge is -2.44. The van der Waals surface area contributed by atoms with Gasteiger partial charge in [0.1, 0.15) is 12.4 Å². The zero-order chi connectivity index (χ0) is 12.0. The van der Waals surface area contributed by atoms with Crippen molar-refractivity contribution in [3.05, 3.63) is 0 Å². The Labute approximate surface area is 99.5 Å². The van der Waals surface area contributed by atoms with Gasteiger partial charge in [0, 0.05) is 0 Å². The van der Waals surface area contributed by atoms with Crippen LogP contribution in [0, 0.1) is 5.41 Å². The lowest BCUT2D eigenvalue weighted by atomic mass is 9.81. The molecule has 1 saturated heterocycles. The number of nitrogens with one attached hydrogen (secondary N) is 2. The molecule has 0 saturated carbocycles. The van der Waals surface area contributed by atoms with Gasteiger partial charge in [-0.25, -0.2) is 0 Å². The molecule has 1 aliphatic rings. The molecule has 0 aromatic carbocycles. The predicted octanol–water partition coefficient (Wildman–Crippen LogP) is 3.09.